The minimum Gasteiger partial charge on any atom is -0.380 e. The molecular weight excluding hydrogens is 448 g/mol. The van der Waals surface area contributed by atoms with Gasteiger partial charge in [0.05, 0.1) is 26.4 Å². The zero-order chi connectivity index (χ0) is 24.0. The molecule has 5 heterocycles. The Morgan fingerprint density at radius 1 is 1.23 bits per heavy atom. The number of fused-ring (bicyclic) bond motifs is 1. The van der Waals surface area contributed by atoms with E-state index in [1.807, 2.05) is 17.7 Å². The summed E-state index contributed by atoms with van der Waals surface area (Å²) in [6.45, 7) is 12.5. The molecule has 3 aromatic rings. The standard InChI is InChI=1S/C23H34N10O2/c1-3-34-13-10-33-21-20(18(30-33)15-31-8-11-35-12-9-31)28-23(32-7-6-25-17(2)14-32)29-22(21)27-19-4-5-24-16-26-19/h4-5,16-17,25H,3,6-15H2,1-2H3,(H,24,26,27,28,29). The number of hydrogen-bond acceptors (Lipinski definition) is 11. The van der Waals surface area contributed by atoms with Crippen molar-refractivity contribution in [2.24, 2.45) is 0 Å². The fraction of sp³-hybridized carbons (Fsp3) is 0.609. The van der Waals surface area contributed by atoms with Crippen molar-refractivity contribution in [3.8, 4) is 0 Å². The van der Waals surface area contributed by atoms with Crippen molar-refractivity contribution in [1.82, 2.24) is 39.9 Å². The van der Waals surface area contributed by atoms with Crippen LogP contribution in [0.3, 0.4) is 0 Å². The topological polar surface area (TPSA) is 118 Å². The van der Waals surface area contributed by atoms with Gasteiger partial charge in [-0.25, -0.2) is 15.0 Å². The number of morpholine rings is 1. The van der Waals surface area contributed by atoms with E-state index >= 15 is 0 Å². The third-order valence-electron chi connectivity index (χ3n) is 6.25. The molecule has 3 aromatic heterocycles. The minimum atomic E-state index is 0.364. The van der Waals surface area contributed by atoms with Gasteiger partial charge >= 0.3 is 0 Å². The molecule has 0 spiro atoms. The van der Waals surface area contributed by atoms with Gasteiger partial charge in [0.1, 0.15) is 28.9 Å². The van der Waals surface area contributed by atoms with E-state index in [0.717, 1.165) is 62.7 Å². The number of hydrogen-bond donors (Lipinski definition) is 2. The number of nitrogens with one attached hydrogen (secondary N) is 2. The Morgan fingerprint density at radius 3 is 2.89 bits per heavy atom. The van der Waals surface area contributed by atoms with E-state index in [1.54, 1.807) is 6.20 Å². The van der Waals surface area contributed by atoms with Crippen molar-refractivity contribution in [3.63, 3.8) is 0 Å². The predicted molar refractivity (Wildman–Crippen MR) is 133 cm³/mol. The van der Waals surface area contributed by atoms with Gasteiger partial charge < -0.3 is 25.0 Å². The fourth-order valence-corrected chi connectivity index (χ4v) is 4.50. The summed E-state index contributed by atoms with van der Waals surface area (Å²) in [6.07, 6.45) is 3.23. The van der Waals surface area contributed by atoms with Gasteiger partial charge in [-0.1, -0.05) is 0 Å². The SMILES string of the molecule is CCOCCn1nc(CN2CCOCC2)c2nc(N3CCNC(C)C3)nc(Nc3ccncn3)c21. The molecule has 0 aliphatic carbocycles. The Hall–Kier alpha value is -2.93. The Morgan fingerprint density at radius 2 is 2.11 bits per heavy atom. The van der Waals surface area contributed by atoms with Crippen LogP contribution in [0.1, 0.15) is 19.5 Å². The second kappa shape index (κ2) is 11.2. The van der Waals surface area contributed by atoms with Gasteiger partial charge in [0.25, 0.3) is 0 Å². The smallest absolute Gasteiger partial charge is 0.228 e. The van der Waals surface area contributed by atoms with Crippen molar-refractivity contribution < 1.29 is 9.47 Å². The molecule has 5 rings (SSSR count). The molecule has 1 atom stereocenters. The van der Waals surface area contributed by atoms with E-state index in [0.29, 0.717) is 49.9 Å². The second-order valence-electron chi connectivity index (χ2n) is 8.85. The largest absolute Gasteiger partial charge is 0.380 e. The Balaban J connectivity index is 1.59. The summed E-state index contributed by atoms with van der Waals surface area (Å²) >= 11 is 0. The normalized spacial score (nSPS) is 19.4. The maximum atomic E-state index is 5.65. The van der Waals surface area contributed by atoms with Crippen LogP contribution in [0.15, 0.2) is 18.6 Å². The molecule has 0 amide bonds. The Labute approximate surface area is 205 Å². The number of nitrogens with zero attached hydrogens (tertiary/aromatic N) is 8. The summed E-state index contributed by atoms with van der Waals surface area (Å²) in [4.78, 5) is 23.1. The van der Waals surface area contributed by atoms with Gasteiger partial charge in [-0.2, -0.15) is 10.1 Å². The molecule has 12 heteroatoms. The van der Waals surface area contributed by atoms with Crippen molar-refractivity contribution in [3.05, 3.63) is 24.3 Å². The van der Waals surface area contributed by atoms with Crippen LogP contribution < -0.4 is 15.5 Å². The zero-order valence-corrected chi connectivity index (χ0v) is 20.5. The van der Waals surface area contributed by atoms with Gasteiger partial charge in [-0.15, -0.1) is 0 Å². The molecule has 0 aromatic carbocycles. The molecule has 12 nitrogen and oxygen atoms in total. The summed E-state index contributed by atoms with van der Waals surface area (Å²) in [5, 5.41) is 11.9. The first-order valence-corrected chi connectivity index (χ1v) is 12.4. The van der Waals surface area contributed by atoms with Crippen LogP contribution in [0.2, 0.25) is 0 Å². The first kappa shape index (κ1) is 23.8. The van der Waals surface area contributed by atoms with Crippen LogP contribution in [-0.4, -0.2) is 99.8 Å². The lowest BCUT2D eigenvalue weighted by atomic mass is 10.2. The molecule has 2 saturated heterocycles. The van der Waals surface area contributed by atoms with Crippen molar-refractivity contribution in [2.75, 3.05) is 69.4 Å². The summed E-state index contributed by atoms with van der Waals surface area (Å²) in [5.41, 5.74) is 2.66. The average molecular weight is 483 g/mol. The van der Waals surface area contributed by atoms with Crippen LogP contribution >= 0.6 is 0 Å². The lowest BCUT2D eigenvalue weighted by Crippen LogP contribution is -2.49. The number of piperazine rings is 1. The third kappa shape index (κ3) is 5.67. The minimum absolute atomic E-state index is 0.364. The van der Waals surface area contributed by atoms with Gasteiger partial charge in [0.15, 0.2) is 5.82 Å². The zero-order valence-electron chi connectivity index (χ0n) is 20.5. The average Bonchev–Trinajstić information content (AvgIpc) is 3.23. The van der Waals surface area contributed by atoms with Gasteiger partial charge in [-0.3, -0.25) is 9.58 Å². The predicted octanol–water partition coefficient (Wildman–Crippen LogP) is 1.03. The number of anilines is 3. The monoisotopic (exact) mass is 482 g/mol. The fourth-order valence-electron chi connectivity index (χ4n) is 4.50. The maximum Gasteiger partial charge on any atom is 0.228 e. The van der Waals surface area contributed by atoms with E-state index in [-0.39, 0.29) is 0 Å². The molecule has 0 bridgehead atoms. The van der Waals surface area contributed by atoms with E-state index in [1.165, 1.54) is 6.33 Å². The summed E-state index contributed by atoms with van der Waals surface area (Å²) < 4.78 is 13.2. The van der Waals surface area contributed by atoms with Crippen molar-refractivity contribution >= 4 is 28.6 Å². The van der Waals surface area contributed by atoms with Gasteiger partial charge in [0, 0.05) is 58.1 Å². The third-order valence-corrected chi connectivity index (χ3v) is 6.25. The maximum absolute atomic E-state index is 5.65. The molecule has 1 unspecified atom stereocenters. The van der Waals surface area contributed by atoms with Crippen LogP contribution in [0.4, 0.5) is 17.6 Å². The molecule has 0 radical (unpaired) electrons. The number of rotatable bonds is 9. The highest BCUT2D eigenvalue weighted by Gasteiger charge is 2.25. The van der Waals surface area contributed by atoms with E-state index in [4.69, 9.17) is 24.5 Å². The molecular formula is C23H34N10O2. The molecule has 2 fully saturated rings. The van der Waals surface area contributed by atoms with E-state index < -0.39 is 0 Å². The van der Waals surface area contributed by atoms with Gasteiger partial charge in [0.2, 0.25) is 5.95 Å². The molecule has 35 heavy (non-hydrogen) atoms. The van der Waals surface area contributed by atoms with E-state index in [2.05, 4.69) is 37.3 Å². The first-order valence-electron chi connectivity index (χ1n) is 12.4. The highest BCUT2D eigenvalue weighted by Crippen LogP contribution is 2.29. The molecule has 188 valence electrons. The molecule has 2 aliphatic rings. The number of aromatic nitrogens is 6. The van der Waals surface area contributed by atoms with Gasteiger partial charge in [-0.05, 0) is 19.9 Å². The molecule has 2 aliphatic heterocycles. The van der Waals surface area contributed by atoms with Crippen LogP contribution in [0, 0.1) is 0 Å². The highest BCUT2D eigenvalue weighted by molar-refractivity contribution is 5.90. The molecule has 0 saturated carbocycles. The Kier molecular flexibility index (Phi) is 7.62. The lowest BCUT2D eigenvalue weighted by Gasteiger charge is -2.32. The lowest BCUT2D eigenvalue weighted by molar-refractivity contribution is 0.0337. The van der Waals surface area contributed by atoms with Crippen LogP contribution in [0.25, 0.3) is 11.0 Å². The van der Waals surface area contributed by atoms with Crippen molar-refractivity contribution in [1.29, 1.82) is 0 Å². The quantitative estimate of drug-likeness (QED) is 0.426. The highest BCUT2D eigenvalue weighted by atomic mass is 16.5. The van der Waals surface area contributed by atoms with Crippen molar-refractivity contribution in [2.45, 2.75) is 33.0 Å². The number of ether oxygens (including phenoxy) is 2. The Bertz CT molecular complexity index is 1100. The first-order chi connectivity index (χ1) is 17.2. The molecule has 2 N–H and O–H groups in total. The summed E-state index contributed by atoms with van der Waals surface area (Å²) in [5.74, 6) is 2.06. The summed E-state index contributed by atoms with van der Waals surface area (Å²) in [7, 11) is 0. The summed E-state index contributed by atoms with van der Waals surface area (Å²) in [6, 6.07) is 2.19. The van der Waals surface area contributed by atoms with Crippen LogP contribution in [0.5, 0.6) is 0 Å². The second-order valence-corrected chi connectivity index (χ2v) is 8.85. The van der Waals surface area contributed by atoms with E-state index in [9.17, 15) is 0 Å². The van der Waals surface area contributed by atoms with Crippen LogP contribution in [-0.2, 0) is 22.6 Å².